The summed E-state index contributed by atoms with van der Waals surface area (Å²) in [5.41, 5.74) is 0.00998. The number of amides is 3. The summed E-state index contributed by atoms with van der Waals surface area (Å²) < 4.78 is 44.2. The highest BCUT2D eigenvalue weighted by Gasteiger charge is 2.29. The molecule has 1 aromatic rings. The molecule has 0 aliphatic carbocycles. The van der Waals surface area contributed by atoms with Crippen molar-refractivity contribution in [3.05, 3.63) is 23.8 Å². The van der Waals surface area contributed by atoms with Gasteiger partial charge in [-0.15, -0.1) is 0 Å². The van der Waals surface area contributed by atoms with E-state index in [4.69, 9.17) is 4.55 Å². The SMILES string of the molecule is O=C1CCN(c2c(CCS(=O)(=O)O)ccnc2F)C(=O)N1. The summed E-state index contributed by atoms with van der Waals surface area (Å²) >= 11 is 0. The Kier molecular flexibility index (Phi) is 4.19. The molecule has 3 amide bonds. The molecule has 0 saturated carbocycles. The van der Waals surface area contributed by atoms with Crippen molar-refractivity contribution in [1.29, 1.82) is 0 Å². The molecule has 0 spiro atoms. The van der Waals surface area contributed by atoms with E-state index in [9.17, 15) is 22.4 Å². The number of nitrogens with zero attached hydrogens (tertiary/aromatic N) is 2. The maximum atomic E-state index is 13.9. The zero-order valence-electron chi connectivity index (χ0n) is 10.7. The number of nitrogens with one attached hydrogen (secondary N) is 1. The minimum Gasteiger partial charge on any atom is -0.289 e. The molecule has 0 bridgehead atoms. The van der Waals surface area contributed by atoms with E-state index in [1.54, 1.807) is 0 Å². The van der Waals surface area contributed by atoms with Crippen LogP contribution in [-0.4, -0.2) is 42.2 Å². The number of carbonyl (C=O) groups is 2. The maximum absolute atomic E-state index is 13.9. The number of halogens is 1. The lowest BCUT2D eigenvalue weighted by molar-refractivity contribution is -0.120. The van der Waals surface area contributed by atoms with Gasteiger partial charge in [-0.1, -0.05) is 0 Å². The zero-order valence-corrected chi connectivity index (χ0v) is 11.6. The summed E-state index contributed by atoms with van der Waals surface area (Å²) in [5.74, 6) is -2.04. The lowest BCUT2D eigenvalue weighted by Crippen LogP contribution is -2.50. The van der Waals surface area contributed by atoms with Crippen LogP contribution in [0.1, 0.15) is 12.0 Å². The van der Waals surface area contributed by atoms with E-state index in [1.165, 1.54) is 6.07 Å². The molecule has 8 nitrogen and oxygen atoms in total. The monoisotopic (exact) mass is 317 g/mol. The van der Waals surface area contributed by atoms with Crippen molar-refractivity contribution in [1.82, 2.24) is 10.3 Å². The van der Waals surface area contributed by atoms with E-state index in [0.717, 1.165) is 11.1 Å². The number of hydrogen-bond donors (Lipinski definition) is 2. The minimum absolute atomic E-state index is 0.00217. The summed E-state index contributed by atoms with van der Waals surface area (Å²) in [4.78, 5) is 27.3. The smallest absolute Gasteiger partial charge is 0.289 e. The summed E-state index contributed by atoms with van der Waals surface area (Å²) in [6.45, 7) is -0.0356. The third-order valence-electron chi connectivity index (χ3n) is 2.92. The maximum Gasteiger partial charge on any atom is 0.328 e. The standard InChI is InChI=1S/C11H12FN3O5S/c12-10-9(15-5-2-8(16)14-11(15)17)7(1-4-13-10)3-6-21(18,19)20/h1,4H,2-3,5-6H2,(H,14,16,17)(H,18,19,20). The highest BCUT2D eigenvalue weighted by molar-refractivity contribution is 7.85. The minimum atomic E-state index is -4.22. The van der Waals surface area contributed by atoms with E-state index in [2.05, 4.69) is 4.98 Å². The van der Waals surface area contributed by atoms with Gasteiger partial charge in [0.05, 0.1) is 5.75 Å². The van der Waals surface area contributed by atoms with Crippen LogP contribution in [0.3, 0.4) is 0 Å². The van der Waals surface area contributed by atoms with Crippen molar-refractivity contribution in [2.45, 2.75) is 12.8 Å². The molecule has 21 heavy (non-hydrogen) atoms. The lowest BCUT2D eigenvalue weighted by atomic mass is 10.1. The summed E-state index contributed by atoms with van der Waals surface area (Å²) in [6, 6.07) is 0.555. The van der Waals surface area contributed by atoms with Crippen LogP contribution >= 0.6 is 0 Å². The summed E-state index contributed by atoms with van der Waals surface area (Å²) in [7, 11) is -4.22. The van der Waals surface area contributed by atoms with E-state index in [1.807, 2.05) is 5.32 Å². The Labute approximate surface area is 119 Å². The first-order valence-electron chi connectivity index (χ1n) is 5.98. The molecule has 1 saturated heterocycles. The highest BCUT2D eigenvalue weighted by Crippen LogP contribution is 2.25. The average molecular weight is 317 g/mol. The van der Waals surface area contributed by atoms with Crippen LogP contribution in [0.15, 0.2) is 12.3 Å². The Morgan fingerprint density at radius 3 is 2.76 bits per heavy atom. The second-order valence-electron chi connectivity index (χ2n) is 4.40. The van der Waals surface area contributed by atoms with Crippen LogP contribution in [0.5, 0.6) is 0 Å². The van der Waals surface area contributed by atoms with Crippen LogP contribution < -0.4 is 10.2 Å². The summed E-state index contributed by atoms with van der Waals surface area (Å²) in [6.07, 6.45) is 0.939. The molecule has 1 aromatic heterocycles. The number of anilines is 1. The van der Waals surface area contributed by atoms with Crippen molar-refractivity contribution in [3.63, 3.8) is 0 Å². The molecule has 0 atom stereocenters. The van der Waals surface area contributed by atoms with E-state index in [0.29, 0.717) is 0 Å². The van der Waals surface area contributed by atoms with E-state index >= 15 is 0 Å². The van der Waals surface area contributed by atoms with E-state index < -0.39 is 33.8 Å². The lowest BCUT2D eigenvalue weighted by Gasteiger charge is -2.28. The number of urea groups is 1. The van der Waals surface area contributed by atoms with Gasteiger partial charge in [0.25, 0.3) is 10.1 Å². The third-order valence-corrected chi connectivity index (χ3v) is 3.64. The molecular weight excluding hydrogens is 305 g/mol. The van der Waals surface area contributed by atoms with Crippen molar-refractivity contribution in [2.24, 2.45) is 0 Å². The Morgan fingerprint density at radius 2 is 2.14 bits per heavy atom. The fourth-order valence-corrected chi connectivity index (χ4v) is 2.45. The van der Waals surface area contributed by atoms with Crippen LogP contribution in [0, 0.1) is 5.95 Å². The number of aromatic nitrogens is 1. The number of pyridine rings is 1. The van der Waals surface area contributed by atoms with Gasteiger partial charge in [0.1, 0.15) is 5.69 Å². The normalized spacial score (nSPS) is 16.0. The van der Waals surface area contributed by atoms with Gasteiger partial charge in [0, 0.05) is 19.2 Å². The number of aryl methyl sites for hydroxylation is 1. The largest absolute Gasteiger partial charge is 0.328 e. The third kappa shape index (κ3) is 3.73. The molecule has 1 aliphatic heterocycles. The molecule has 0 aromatic carbocycles. The molecule has 1 aliphatic rings. The molecule has 1 fully saturated rings. The van der Waals surface area contributed by atoms with Crippen LogP contribution in [0.25, 0.3) is 0 Å². The number of imide groups is 1. The van der Waals surface area contributed by atoms with Gasteiger partial charge in [-0.2, -0.15) is 12.8 Å². The topological polar surface area (TPSA) is 117 Å². The predicted molar refractivity (Wildman–Crippen MR) is 69.8 cm³/mol. The van der Waals surface area contributed by atoms with Gasteiger partial charge < -0.3 is 0 Å². The molecule has 114 valence electrons. The molecule has 2 rings (SSSR count). The zero-order chi connectivity index (χ0) is 15.6. The number of hydrogen-bond acceptors (Lipinski definition) is 5. The first kappa shape index (κ1) is 15.3. The molecule has 0 radical (unpaired) electrons. The first-order valence-corrected chi connectivity index (χ1v) is 7.59. The predicted octanol–water partition coefficient (Wildman–Crippen LogP) is 0.0973. The molecule has 2 N–H and O–H groups in total. The van der Waals surface area contributed by atoms with E-state index in [-0.39, 0.29) is 30.6 Å². The van der Waals surface area contributed by atoms with Gasteiger partial charge in [-0.05, 0) is 18.1 Å². The van der Waals surface area contributed by atoms with Crippen molar-refractivity contribution in [3.8, 4) is 0 Å². The van der Waals surface area contributed by atoms with Gasteiger partial charge in [-0.3, -0.25) is 19.6 Å². The first-order chi connectivity index (χ1) is 9.78. The van der Waals surface area contributed by atoms with Crippen LogP contribution in [0.2, 0.25) is 0 Å². The quantitative estimate of drug-likeness (QED) is 0.601. The van der Waals surface area contributed by atoms with Crippen molar-refractivity contribution in [2.75, 3.05) is 17.2 Å². The van der Waals surface area contributed by atoms with Gasteiger partial charge >= 0.3 is 6.03 Å². The Hall–Kier alpha value is -2.07. The number of rotatable bonds is 4. The summed E-state index contributed by atoms with van der Waals surface area (Å²) in [5, 5.41) is 2.04. The average Bonchev–Trinajstić information content (AvgIpc) is 2.37. The van der Waals surface area contributed by atoms with Gasteiger partial charge in [0.15, 0.2) is 0 Å². The number of carbonyl (C=O) groups excluding carboxylic acids is 2. The van der Waals surface area contributed by atoms with Crippen molar-refractivity contribution < 1.29 is 27.0 Å². The molecular formula is C11H12FN3O5S. The molecule has 2 heterocycles. The van der Waals surface area contributed by atoms with Gasteiger partial charge in [0.2, 0.25) is 11.9 Å². The van der Waals surface area contributed by atoms with Crippen LogP contribution in [0.4, 0.5) is 14.9 Å². The second-order valence-corrected chi connectivity index (χ2v) is 5.97. The van der Waals surface area contributed by atoms with Crippen LogP contribution in [-0.2, 0) is 21.3 Å². The Morgan fingerprint density at radius 1 is 1.43 bits per heavy atom. The Balaban J connectivity index is 2.33. The second kappa shape index (κ2) is 5.74. The fourth-order valence-electron chi connectivity index (χ4n) is 1.97. The van der Waals surface area contributed by atoms with Gasteiger partial charge in [-0.25, -0.2) is 9.78 Å². The molecule has 0 unspecified atom stereocenters. The Bertz CT molecular complexity index is 691. The highest BCUT2D eigenvalue weighted by atomic mass is 32.2. The fraction of sp³-hybridized carbons (Fsp3) is 0.364. The van der Waals surface area contributed by atoms with Crippen molar-refractivity contribution >= 4 is 27.7 Å². The molecule has 10 heteroatoms.